The molecule has 2 aromatic carbocycles. The summed E-state index contributed by atoms with van der Waals surface area (Å²) in [5.41, 5.74) is 2.72. The van der Waals surface area contributed by atoms with Gasteiger partial charge in [0.05, 0.1) is 0 Å². The van der Waals surface area contributed by atoms with Crippen LogP contribution in [0.2, 0.25) is 0 Å². The zero-order valence-electron chi connectivity index (χ0n) is 9.61. The van der Waals surface area contributed by atoms with Crippen LogP contribution in [-0.2, 0) is 4.74 Å². The lowest BCUT2D eigenvalue weighted by molar-refractivity contribution is -0.191. The highest BCUT2D eigenvalue weighted by Crippen LogP contribution is 2.50. The number of aliphatic hydroxyl groups excluding tert-OH is 1. The van der Waals surface area contributed by atoms with Crippen molar-refractivity contribution in [3.8, 4) is 5.75 Å². The summed E-state index contributed by atoms with van der Waals surface area (Å²) >= 11 is 0. The third-order valence-corrected chi connectivity index (χ3v) is 3.59. The van der Waals surface area contributed by atoms with Crippen LogP contribution in [-0.4, -0.2) is 5.11 Å². The Morgan fingerprint density at radius 3 is 2.33 bits per heavy atom. The summed E-state index contributed by atoms with van der Waals surface area (Å²) in [5, 5.41) is 10.4. The maximum absolute atomic E-state index is 10.4. The van der Waals surface area contributed by atoms with Crippen LogP contribution in [0.5, 0.6) is 5.75 Å². The summed E-state index contributed by atoms with van der Waals surface area (Å²) in [4.78, 5) is 0. The molecule has 0 saturated carbocycles. The molecule has 3 nitrogen and oxygen atoms in total. The summed E-state index contributed by atoms with van der Waals surface area (Å²) in [6, 6.07) is 15.4. The summed E-state index contributed by atoms with van der Waals surface area (Å²) in [6.45, 7) is 0. The predicted molar refractivity (Wildman–Crippen MR) is 65.0 cm³/mol. The molecule has 2 bridgehead atoms. The lowest BCUT2D eigenvalue weighted by Crippen LogP contribution is -2.31. The molecular formula is C15H12O3. The molecule has 2 aliphatic rings. The molecule has 2 heterocycles. The SMILES string of the molecule is O[C@H]1c2ccccc2[C@H]2Oc3ccccc3[C@@H]1O2. The average molecular weight is 240 g/mol. The fraction of sp³-hybridized carbons (Fsp3) is 0.200. The lowest BCUT2D eigenvalue weighted by Gasteiger charge is -2.40. The molecule has 0 unspecified atom stereocenters. The standard InChI is InChI=1S/C15H12O3/c16-13-9-5-1-2-6-10(9)15-17-12-8-4-3-7-11(12)14(13)18-15/h1-8,13-16H/t13-,14-,15-/m0/s1. The van der Waals surface area contributed by atoms with Crippen LogP contribution in [0.1, 0.15) is 35.2 Å². The number of hydrogen-bond acceptors (Lipinski definition) is 3. The molecule has 18 heavy (non-hydrogen) atoms. The zero-order chi connectivity index (χ0) is 12.1. The molecule has 0 spiro atoms. The second-order valence-electron chi connectivity index (χ2n) is 4.62. The van der Waals surface area contributed by atoms with E-state index in [1.54, 1.807) is 0 Å². The number of aliphatic hydroxyl groups is 1. The van der Waals surface area contributed by atoms with Gasteiger partial charge in [0.2, 0.25) is 6.29 Å². The van der Waals surface area contributed by atoms with Crippen LogP contribution in [0.4, 0.5) is 0 Å². The number of benzene rings is 2. The highest BCUT2D eigenvalue weighted by Gasteiger charge is 2.41. The highest BCUT2D eigenvalue weighted by molar-refractivity contribution is 5.43. The minimum atomic E-state index is -0.637. The second kappa shape index (κ2) is 3.57. The number of fused-ring (bicyclic) bond motifs is 6. The number of ether oxygens (including phenoxy) is 2. The summed E-state index contributed by atoms with van der Waals surface area (Å²) < 4.78 is 11.7. The molecule has 4 rings (SSSR count). The van der Waals surface area contributed by atoms with Crippen LogP contribution >= 0.6 is 0 Å². The van der Waals surface area contributed by atoms with Crippen molar-refractivity contribution < 1.29 is 14.6 Å². The highest BCUT2D eigenvalue weighted by atomic mass is 16.7. The molecule has 2 aliphatic heterocycles. The summed E-state index contributed by atoms with van der Waals surface area (Å²) in [7, 11) is 0. The van der Waals surface area contributed by atoms with Crippen molar-refractivity contribution in [2.75, 3.05) is 0 Å². The normalized spacial score (nSPS) is 27.9. The Morgan fingerprint density at radius 2 is 1.50 bits per heavy atom. The smallest absolute Gasteiger partial charge is 0.227 e. The molecule has 2 aromatic rings. The Balaban J connectivity index is 1.91. The van der Waals surface area contributed by atoms with E-state index in [-0.39, 0.29) is 6.10 Å². The number of para-hydroxylation sites is 1. The Hall–Kier alpha value is -1.84. The first-order chi connectivity index (χ1) is 8.84. The zero-order valence-corrected chi connectivity index (χ0v) is 9.61. The first-order valence-corrected chi connectivity index (χ1v) is 6.02. The number of hydrogen-bond donors (Lipinski definition) is 1. The molecule has 0 aromatic heterocycles. The van der Waals surface area contributed by atoms with Gasteiger partial charge in [-0.1, -0.05) is 42.5 Å². The van der Waals surface area contributed by atoms with Gasteiger partial charge in [0.1, 0.15) is 18.0 Å². The van der Waals surface area contributed by atoms with E-state index < -0.39 is 12.4 Å². The molecule has 90 valence electrons. The molecule has 0 radical (unpaired) electrons. The first kappa shape index (κ1) is 10.1. The van der Waals surface area contributed by atoms with Crippen LogP contribution in [0.15, 0.2) is 48.5 Å². The van der Waals surface area contributed by atoms with Gasteiger partial charge in [-0.25, -0.2) is 0 Å². The van der Waals surface area contributed by atoms with Gasteiger partial charge in [0.15, 0.2) is 0 Å². The van der Waals surface area contributed by atoms with Crippen molar-refractivity contribution >= 4 is 0 Å². The van der Waals surface area contributed by atoms with E-state index in [4.69, 9.17) is 9.47 Å². The molecule has 0 aliphatic carbocycles. The molecule has 3 heteroatoms. The fourth-order valence-corrected chi connectivity index (χ4v) is 2.71. The van der Waals surface area contributed by atoms with E-state index in [1.165, 1.54) is 0 Å². The van der Waals surface area contributed by atoms with Gasteiger partial charge in [0, 0.05) is 11.1 Å². The Kier molecular flexibility index (Phi) is 2.01. The minimum absolute atomic E-state index is 0.338. The fourth-order valence-electron chi connectivity index (χ4n) is 2.71. The van der Waals surface area contributed by atoms with Gasteiger partial charge >= 0.3 is 0 Å². The van der Waals surface area contributed by atoms with Gasteiger partial charge < -0.3 is 14.6 Å². The van der Waals surface area contributed by atoms with Gasteiger partial charge in [-0.05, 0) is 11.6 Å². The molecule has 3 atom stereocenters. The van der Waals surface area contributed by atoms with E-state index in [0.29, 0.717) is 0 Å². The van der Waals surface area contributed by atoms with E-state index in [1.807, 2.05) is 48.5 Å². The molecule has 0 amide bonds. The first-order valence-electron chi connectivity index (χ1n) is 6.02. The predicted octanol–water partition coefficient (Wildman–Crippen LogP) is 2.88. The van der Waals surface area contributed by atoms with Crippen molar-refractivity contribution in [1.29, 1.82) is 0 Å². The van der Waals surface area contributed by atoms with E-state index in [2.05, 4.69) is 0 Å². The topological polar surface area (TPSA) is 38.7 Å². The Labute approximate surface area is 105 Å². The molecule has 1 N–H and O–H groups in total. The maximum atomic E-state index is 10.4. The van der Waals surface area contributed by atoms with Gasteiger partial charge in [-0.15, -0.1) is 0 Å². The third-order valence-electron chi connectivity index (χ3n) is 3.59. The average Bonchev–Trinajstić information content (AvgIpc) is 2.44. The third kappa shape index (κ3) is 1.26. The monoisotopic (exact) mass is 240 g/mol. The van der Waals surface area contributed by atoms with Crippen molar-refractivity contribution in [1.82, 2.24) is 0 Å². The summed E-state index contributed by atoms with van der Waals surface area (Å²) in [6.07, 6.45) is -1.39. The van der Waals surface area contributed by atoms with Crippen LogP contribution in [0.3, 0.4) is 0 Å². The Morgan fingerprint density at radius 1 is 0.833 bits per heavy atom. The van der Waals surface area contributed by atoms with Gasteiger partial charge in [0.25, 0.3) is 0 Å². The van der Waals surface area contributed by atoms with Crippen molar-refractivity contribution in [2.24, 2.45) is 0 Å². The van der Waals surface area contributed by atoms with E-state index >= 15 is 0 Å². The minimum Gasteiger partial charge on any atom is -0.460 e. The largest absolute Gasteiger partial charge is 0.460 e. The van der Waals surface area contributed by atoms with Gasteiger partial charge in [-0.3, -0.25) is 0 Å². The Bertz CT molecular complexity index is 587. The molecular weight excluding hydrogens is 228 g/mol. The van der Waals surface area contributed by atoms with Crippen LogP contribution < -0.4 is 4.74 Å². The maximum Gasteiger partial charge on any atom is 0.227 e. The number of rotatable bonds is 0. The molecule has 0 saturated heterocycles. The summed E-state index contributed by atoms with van der Waals surface area (Å²) in [5.74, 6) is 0.798. The molecule has 0 fully saturated rings. The quantitative estimate of drug-likeness (QED) is 0.769. The van der Waals surface area contributed by atoms with Crippen LogP contribution in [0.25, 0.3) is 0 Å². The van der Waals surface area contributed by atoms with Crippen LogP contribution in [0, 0.1) is 0 Å². The van der Waals surface area contributed by atoms with Crippen molar-refractivity contribution in [2.45, 2.75) is 18.5 Å². The lowest BCUT2D eigenvalue weighted by atomic mass is 9.90. The van der Waals surface area contributed by atoms with E-state index in [9.17, 15) is 5.11 Å². The van der Waals surface area contributed by atoms with Crippen molar-refractivity contribution in [3.05, 3.63) is 65.2 Å². The van der Waals surface area contributed by atoms with Crippen molar-refractivity contribution in [3.63, 3.8) is 0 Å². The van der Waals surface area contributed by atoms with E-state index in [0.717, 1.165) is 22.4 Å². The van der Waals surface area contributed by atoms with Gasteiger partial charge in [-0.2, -0.15) is 0 Å². The second-order valence-corrected chi connectivity index (χ2v) is 4.62.